The number of fused-ring (bicyclic) bond motifs is 2. The maximum Gasteiger partial charge on any atom is 0.193 e. The number of halogens is 2. The molecule has 0 N–H and O–H groups in total. The van der Waals surface area contributed by atoms with E-state index in [1.807, 2.05) is 36.4 Å². The van der Waals surface area contributed by atoms with Crippen molar-refractivity contribution < 1.29 is 4.79 Å². The van der Waals surface area contributed by atoms with Gasteiger partial charge >= 0.3 is 0 Å². The maximum atomic E-state index is 12.6. The quantitative estimate of drug-likeness (QED) is 0.669. The normalized spacial score (nSPS) is 13.8. The van der Waals surface area contributed by atoms with Gasteiger partial charge in [0.1, 0.15) is 0 Å². The topological polar surface area (TPSA) is 17.1 Å². The minimum atomic E-state index is 0.125. The Morgan fingerprint density at radius 1 is 0.778 bits per heavy atom. The monoisotopic (exact) mass is 364 g/mol. The lowest BCUT2D eigenvalue weighted by Gasteiger charge is -2.06. The van der Waals surface area contributed by atoms with Crippen LogP contribution in [0, 0.1) is 0 Å². The van der Waals surface area contributed by atoms with E-state index in [9.17, 15) is 4.79 Å². The van der Waals surface area contributed by atoms with E-state index in [0.717, 1.165) is 44.0 Å². The van der Waals surface area contributed by atoms with Crippen LogP contribution in [0.25, 0.3) is 0 Å². The first kappa shape index (κ1) is 12.1. The van der Waals surface area contributed by atoms with E-state index in [0.29, 0.717) is 0 Å². The van der Waals surface area contributed by atoms with E-state index in [-0.39, 0.29) is 5.78 Å². The van der Waals surface area contributed by atoms with Crippen molar-refractivity contribution in [1.29, 1.82) is 0 Å². The Kier molecular flexibility index (Phi) is 3.12. The Morgan fingerprint density at radius 2 is 1.22 bits per heavy atom. The third-order valence-corrected chi connectivity index (χ3v) is 4.28. The fourth-order valence-electron chi connectivity index (χ4n) is 2.37. The predicted octanol–water partition coefficient (Wildman–Crippen LogP) is 4.54. The molecule has 0 fully saturated rings. The summed E-state index contributed by atoms with van der Waals surface area (Å²) in [4.78, 5) is 12.6. The fraction of sp³-hybridized carbons (Fsp3) is 0.133. The van der Waals surface area contributed by atoms with Crippen molar-refractivity contribution >= 4 is 37.6 Å². The van der Waals surface area contributed by atoms with Gasteiger partial charge in [-0.1, -0.05) is 44.0 Å². The summed E-state index contributed by atoms with van der Waals surface area (Å²) in [5.41, 5.74) is 3.91. The third kappa shape index (κ3) is 2.06. The molecule has 0 aromatic heterocycles. The third-order valence-electron chi connectivity index (χ3n) is 3.30. The van der Waals surface area contributed by atoms with Crippen molar-refractivity contribution in [3.05, 3.63) is 67.6 Å². The van der Waals surface area contributed by atoms with Crippen molar-refractivity contribution in [2.24, 2.45) is 0 Å². The van der Waals surface area contributed by atoms with Gasteiger partial charge in [0.05, 0.1) is 0 Å². The molecule has 90 valence electrons. The minimum absolute atomic E-state index is 0.125. The molecule has 0 heterocycles. The maximum absolute atomic E-state index is 12.6. The number of carbonyl (C=O) groups excluding carboxylic acids is 1. The summed E-state index contributed by atoms with van der Waals surface area (Å²) in [6.07, 6.45) is 1.84. The molecule has 2 aromatic rings. The molecule has 18 heavy (non-hydrogen) atoms. The Hall–Kier alpha value is -0.930. The predicted molar refractivity (Wildman–Crippen MR) is 79.1 cm³/mol. The van der Waals surface area contributed by atoms with Crippen LogP contribution >= 0.6 is 31.9 Å². The number of benzene rings is 2. The first-order valence-electron chi connectivity index (χ1n) is 5.77. The van der Waals surface area contributed by atoms with Crippen LogP contribution in [0.4, 0.5) is 0 Å². The van der Waals surface area contributed by atoms with Crippen molar-refractivity contribution in [2.75, 3.05) is 0 Å². The summed E-state index contributed by atoms with van der Waals surface area (Å²) >= 11 is 6.87. The summed E-state index contributed by atoms with van der Waals surface area (Å²) in [6.45, 7) is 0. The summed E-state index contributed by atoms with van der Waals surface area (Å²) < 4.78 is 1.90. The minimum Gasteiger partial charge on any atom is -0.289 e. The second-order valence-electron chi connectivity index (χ2n) is 4.43. The smallest absolute Gasteiger partial charge is 0.193 e. The molecule has 0 atom stereocenters. The molecule has 1 nitrogen and oxygen atoms in total. The van der Waals surface area contributed by atoms with Crippen molar-refractivity contribution in [1.82, 2.24) is 0 Å². The highest BCUT2D eigenvalue weighted by Crippen LogP contribution is 2.28. The van der Waals surface area contributed by atoms with Crippen LogP contribution in [0.2, 0.25) is 0 Å². The van der Waals surface area contributed by atoms with Gasteiger partial charge in [0, 0.05) is 20.1 Å². The molecule has 0 saturated carbocycles. The van der Waals surface area contributed by atoms with E-state index in [4.69, 9.17) is 0 Å². The zero-order valence-corrected chi connectivity index (χ0v) is 12.7. The van der Waals surface area contributed by atoms with Gasteiger partial charge < -0.3 is 0 Å². The highest BCUT2D eigenvalue weighted by Gasteiger charge is 2.21. The van der Waals surface area contributed by atoms with Gasteiger partial charge in [-0.25, -0.2) is 0 Å². The molecule has 0 aliphatic heterocycles. The molecule has 0 unspecified atom stereocenters. The average Bonchev–Trinajstić information content (AvgIpc) is 2.49. The molecule has 2 aromatic carbocycles. The number of rotatable bonds is 0. The van der Waals surface area contributed by atoms with E-state index in [2.05, 4.69) is 31.9 Å². The van der Waals surface area contributed by atoms with Gasteiger partial charge in [-0.05, 0) is 48.2 Å². The first-order chi connectivity index (χ1) is 8.65. The molecule has 3 heteroatoms. The number of carbonyl (C=O) groups is 1. The molecule has 1 aliphatic rings. The van der Waals surface area contributed by atoms with Gasteiger partial charge in [-0.2, -0.15) is 0 Å². The van der Waals surface area contributed by atoms with Crippen LogP contribution in [-0.2, 0) is 12.8 Å². The Balaban J connectivity index is 2.22. The number of ketones is 1. The van der Waals surface area contributed by atoms with E-state index in [1.54, 1.807) is 0 Å². The van der Waals surface area contributed by atoms with Crippen LogP contribution in [-0.4, -0.2) is 5.78 Å². The van der Waals surface area contributed by atoms with Crippen LogP contribution in [0.1, 0.15) is 27.0 Å². The SMILES string of the molecule is O=C1c2cc(Br)ccc2CCc2ccc(Br)cc21. The van der Waals surface area contributed by atoms with Gasteiger partial charge in [-0.15, -0.1) is 0 Å². The molecule has 0 radical (unpaired) electrons. The molecule has 1 aliphatic carbocycles. The second-order valence-corrected chi connectivity index (χ2v) is 6.26. The Labute approximate surface area is 122 Å². The van der Waals surface area contributed by atoms with E-state index in [1.165, 1.54) is 0 Å². The highest BCUT2D eigenvalue weighted by molar-refractivity contribution is 9.10. The average molecular weight is 366 g/mol. The number of aryl methyl sites for hydroxylation is 2. The second kappa shape index (κ2) is 4.63. The zero-order valence-electron chi connectivity index (χ0n) is 9.54. The summed E-state index contributed by atoms with van der Waals surface area (Å²) in [5, 5.41) is 0. The van der Waals surface area contributed by atoms with E-state index < -0.39 is 0 Å². The molecule has 3 rings (SSSR count). The Bertz CT molecular complexity index is 591. The summed E-state index contributed by atoms with van der Waals surface area (Å²) in [6, 6.07) is 11.9. The molecule has 0 saturated heterocycles. The lowest BCUT2D eigenvalue weighted by atomic mass is 9.99. The van der Waals surface area contributed by atoms with Crippen LogP contribution < -0.4 is 0 Å². The van der Waals surface area contributed by atoms with Gasteiger partial charge in [0.15, 0.2) is 5.78 Å². The van der Waals surface area contributed by atoms with Gasteiger partial charge in [0.2, 0.25) is 0 Å². The number of hydrogen-bond donors (Lipinski definition) is 0. The van der Waals surface area contributed by atoms with Gasteiger partial charge in [-0.3, -0.25) is 4.79 Å². The fourth-order valence-corrected chi connectivity index (χ4v) is 3.09. The largest absolute Gasteiger partial charge is 0.289 e. The molecular formula is C15H10Br2O. The molecule has 0 amide bonds. The van der Waals surface area contributed by atoms with Crippen molar-refractivity contribution in [2.45, 2.75) is 12.8 Å². The highest BCUT2D eigenvalue weighted by atomic mass is 79.9. The molecule has 0 spiro atoms. The summed E-state index contributed by atoms with van der Waals surface area (Å²) in [7, 11) is 0. The van der Waals surface area contributed by atoms with Crippen LogP contribution in [0.3, 0.4) is 0 Å². The standard InChI is InChI=1S/C15H10Br2O/c16-11-5-3-9-1-2-10-4-6-12(17)8-14(10)15(18)13(9)7-11/h3-8H,1-2H2. The summed E-state index contributed by atoms with van der Waals surface area (Å²) in [5.74, 6) is 0.125. The zero-order chi connectivity index (χ0) is 12.7. The lowest BCUT2D eigenvalue weighted by Crippen LogP contribution is -2.04. The van der Waals surface area contributed by atoms with Crippen molar-refractivity contribution in [3.8, 4) is 0 Å². The van der Waals surface area contributed by atoms with Gasteiger partial charge in [0.25, 0.3) is 0 Å². The first-order valence-corrected chi connectivity index (χ1v) is 7.35. The lowest BCUT2D eigenvalue weighted by molar-refractivity contribution is 0.103. The number of hydrogen-bond acceptors (Lipinski definition) is 1. The van der Waals surface area contributed by atoms with Crippen LogP contribution in [0.15, 0.2) is 45.3 Å². The van der Waals surface area contributed by atoms with Crippen molar-refractivity contribution in [3.63, 3.8) is 0 Å². The molecular weight excluding hydrogens is 356 g/mol. The Morgan fingerprint density at radius 3 is 1.67 bits per heavy atom. The van der Waals surface area contributed by atoms with E-state index >= 15 is 0 Å². The molecule has 0 bridgehead atoms. The van der Waals surface area contributed by atoms with Crippen LogP contribution in [0.5, 0.6) is 0 Å².